The van der Waals surface area contributed by atoms with Crippen LogP contribution < -0.4 is 0 Å². The molecule has 17 heavy (non-hydrogen) atoms. The van der Waals surface area contributed by atoms with E-state index in [1.165, 1.54) is 18.9 Å². The number of carbonyl (C=O) groups is 1. The van der Waals surface area contributed by atoms with Gasteiger partial charge in [0.2, 0.25) is 0 Å². The standard InChI is InChI=1S/C13H13NO2S/c1-9-11(13(15)16-2)8-17-12(14-9)10-6-4-3-5-7-10/h3-9H,1-2H3. The Balaban J connectivity index is 2.20. The Hall–Kier alpha value is -1.55. The maximum absolute atomic E-state index is 11.4. The Morgan fingerprint density at radius 3 is 2.65 bits per heavy atom. The fourth-order valence-electron chi connectivity index (χ4n) is 1.55. The minimum Gasteiger partial charge on any atom is -0.466 e. The van der Waals surface area contributed by atoms with Gasteiger partial charge >= 0.3 is 5.97 Å². The molecule has 1 aliphatic rings. The highest BCUT2D eigenvalue weighted by Gasteiger charge is 2.22. The molecule has 0 radical (unpaired) electrons. The number of ether oxygens (including phenoxy) is 1. The molecule has 1 aromatic rings. The molecule has 1 unspecified atom stereocenters. The topological polar surface area (TPSA) is 38.7 Å². The van der Waals surface area contributed by atoms with Gasteiger partial charge in [0.15, 0.2) is 0 Å². The van der Waals surface area contributed by atoms with Crippen molar-refractivity contribution in [3.05, 3.63) is 46.9 Å². The first-order chi connectivity index (χ1) is 8.22. The summed E-state index contributed by atoms with van der Waals surface area (Å²) in [6.07, 6.45) is 0. The zero-order chi connectivity index (χ0) is 12.3. The highest BCUT2D eigenvalue weighted by molar-refractivity contribution is 8.17. The second-order valence-corrected chi connectivity index (χ2v) is 4.52. The number of esters is 1. The Labute approximate surface area is 105 Å². The van der Waals surface area contributed by atoms with E-state index >= 15 is 0 Å². The van der Waals surface area contributed by atoms with E-state index in [4.69, 9.17) is 4.74 Å². The van der Waals surface area contributed by atoms with Crippen molar-refractivity contribution in [1.29, 1.82) is 0 Å². The van der Waals surface area contributed by atoms with E-state index in [0.29, 0.717) is 5.57 Å². The molecule has 0 aliphatic carbocycles. The van der Waals surface area contributed by atoms with Crippen molar-refractivity contribution in [1.82, 2.24) is 0 Å². The largest absolute Gasteiger partial charge is 0.466 e. The van der Waals surface area contributed by atoms with Crippen LogP contribution in [0, 0.1) is 0 Å². The van der Waals surface area contributed by atoms with Crippen molar-refractivity contribution < 1.29 is 9.53 Å². The third-order valence-electron chi connectivity index (χ3n) is 2.50. The average molecular weight is 247 g/mol. The van der Waals surface area contributed by atoms with Gasteiger partial charge in [-0.1, -0.05) is 42.1 Å². The van der Waals surface area contributed by atoms with Crippen LogP contribution in [0.25, 0.3) is 0 Å². The lowest BCUT2D eigenvalue weighted by molar-refractivity contribution is -0.136. The number of thioether (sulfide) groups is 1. The van der Waals surface area contributed by atoms with Crippen LogP contribution in [-0.4, -0.2) is 24.2 Å². The van der Waals surface area contributed by atoms with Crippen molar-refractivity contribution in [2.75, 3.05) is 7.11 Å². The van der Waals surface area contributed by atoms with Crippen LogP contribution in [0.1, 0.15) is 12.5 Å². The number of methoxy groups -OCH3 is 1. The lowest BCUT2D eigenvalue weighted by atomic mass is 10.1. The fourth-order valence-corrected chi connectivity index (χ4v) is 2.58. The van der Waals surface area contributed by atoms with Gasteiger partial charge in [0.1, 0.15) is 5.04 Å². The summed E-state index contributed by atoms with van der Waals surface area (Å²) in [4.78, 5) is 16.0. The average Bonchev–Trinajstić information content (AvgIpc) is 2.39. The summed E-state index contributed by atoms with van der Waals surface area (Å²) in [7, 11) is 1.39. The first-order valence-corrected chi connectivity index (χ1v) is 6.18. The molecule has 88 valence electrons. The molecular weight excluding hydrogens is 234 g/mol. The lowest BCUT2D eigenvalue weighted by Gasteiger charge is -2.17. The highest BCUT2D eigenvalue weighted by Crippen LogP contribution is 2.26. The summed E-state index contributed by atoms with van der Waals surface area (Å²) in [6.45, 7) is 1.89. The molecule has 0 saturated heterocycles. The first kappa shape index (κ1) is 11.9. The molecule has 2 rings (SSSR count). The number of hydrogen-bond acceptors (Lipinski definition) is 4. The normalized spacial score (nSPS) is 19.3. The molecule has 0 amide bonds. The molecule has 0 aromatic heterocycles. The molecule has 1 heterocycles. The van der Waals surface area contributed by atoms with Crippen LogP contribution in [0.3, 0.4) is 0 Å². The van der Waals surface area contributed by atoms with E-state index in [1.807, 2.05) is 42.7 Å². The van der Waals surface area contributed by atoms with Crippen molar-refractivity contribution in [2.24, 2.45) is 4.99 Å². The zero-order valence-electron chi connectivity index (χ0n) is 9.71. The van der Waals surface area contributed by atoms with Crippen molar-refractivity contribution in [3.8, 4) is 0 Å². The third kappa shape index (κ3) is 2.58. The fraction of sp³-hybridized carbons (Fsp3) is 0.231. The molecular formula is C13H13NO2S. The highest BCUT2D eigenvalue weighted by atomic mass is 32.2. The second kappa shape index (κ2) is 5.19. The minimum atomic E-state index is -0.305. The third-order valence-corrected chi connectivity index (χ3v) is 3.44. The van der Waals surface area contributed by atoms with Gasteiger partial charge in [-0.25, -0.2) is 4.79 Å². The molecule has 1 aromatic carbocycles. The van der Waals surface area contributed by atoms with Crippen LogP contribution in [-0.2, 0) is 9.53 Å². The number of benzene rings is 1. The Morgan fingerprint density at radius 1 is 1.35 bits per heavy atom. The Bertz CT molecular complexity index is 479. The van der Waals surface area contributed by atoms with E-state index in [1.54, 1.807) is 0 Å². The Kier molecular flexibility index (Phi) is 3.64. The van der Waals surface area contributed by atoms with Crippen LogP contribution in [0.15, 0.2) is 46.3 Å². The van der Waals surface area contributed by atoms with Crippen LogP contribution in [0.4, 0.5) is 0 Å². The van der Waals surface area contributed by atoms with Gasteiger partial charge < -0.3 is 4.74 Å². The molecule has 0 bridgehead atoms. The maximum Gasteiger partial charge on any atom is 0.336 e. The van der Waals surface area contributed by atoms with Crippen LogP contribution in [0.2, 0.25) is 0 Å². The molecule has 0 N–H and O–H groups in total. The molecule has 0 spiro atoms. The van der Waals surface area contributed by atoms with Crippen molar-refractivity contribution in [3.63, 3.8) is 0 Å². The molecule has 4 heteroatoms. The van der Waals surface area contributed by atoms with E-state index in [2.05, 4.69) is 4.99 Å². The first-order valence-electron chi connectivity index (χ1n) is 5.30. The van der Waals surface area contributed by atoms with Gasteiger partial charge in [-0.15, -0.1) is 0 Å². The predicted octanol–water partition coefficient (Wildman–Crippen LogP) is 2.63. The summed E-state index contributed by atoms with van der Waals surface area (Å²) >= 11 is 1.46. The summed E-state index contributed by atoms with van der Waals surface area (Å²) in [5.41, 5.74) is 1.68. The quantitative estimate of drug-likeness (QED) is 0.754. The molecule has 0 saturated carbocycles. The number of carbonyl (C=O) groups excluding carboxylic acids is 1. The monoisotopic (exact) mass is 247 g/mol. The van der Waals surface area contributed by atoms with E-state index in [9.17, 15) is 4.79 Å². The molecule has 1 atom stereocenters. The maximum atomic E-state index is 11.4. The van der Waals surface area contributed by atoms with E-state index < -0.39 is 0 Å². The van der Waals surface area contributed by atoms with Crippen molar-refractivity contribution in [2.45, 2.75) is 13.0 Å². The van der Waals surface area contributed by atoms with Gasteiger partial charge in [-0.05, 0) is 12.3 Å². The molecule has 3 nitrogen and oxygen atoms in total. The minimum absolute atomic E-state index is 0.154. The summed E-state index contributed by atoms with van der Waals surface area (Å²) < 4.78 is 4.71. The Morgan fingerprint density at radius 2 is 2.06 bits per heavy atom. The molecule has 0 fully saturated rings. The van der Waals surface area contributed by atoms with Gasteiger partial charge in [0, 0.05) is 5.56 Å². The van der Waals surface area contributed by atoms with Crippen molar-refractivity contribution >= 4 is 22.8 Å². The van der Waals surface area contributed by atoms with Gasteiger partial charge in [0.25, 0.3) is 0 Å². The SMILES string of the molecule is COC(=O)C1=CSC(c2ccccc2)=NC1C. The number of rotatable bonds is 2. The van der Waals surface area contributed by atoms with Gasteiger partial charge in [0.05, 0.1) is 18.7 Å². The summed E-state index contributed by atoms with van der Waals surface area (Å²) in [5.74, 6) is -0.305. The van der Waals surface area contributed by atoms with Crippen LogP contribution in [0.5, 0.6) is 0 Å². The molecule has 1 aliphatic heterocycles. The van der Waals surface area contributed by atoms with Gasteiger partial charge in [-0.2, -0.15) is 0 Å². The zero-order valence-corrected chi connectivity index (χ0v) is 10.5. The summed E-state index contributed by atoms with van der Waals surface area (Å²) in [6, 6.07) is 9.78. The number of hydrogen-bond donors (Lipinski definition) is 0. The van der Waals surface area contributed by atoms with E-state index in [0.717, 1.165) is 10.6 Å². The second-order valence-electron chi connectivity index (χ2n) is 3.66. The smallest absolute Gasteiger partial charge is 0.336 e. The number of nitrogens with zero attached hydrogens (tertiary/aromatic N) is 1. The lowest BCUT2D eigenvalue weighted by Crippen LogP contribution is -2.19. The van der Waals surface area contributed by atoms with E-state index in [-0.39, 0.29) is 12.0 Å². The summed E-state index contributed by atoms with van der Waals surface area (Å²) in [5, 5.41) is 2.76. The van der Waals surface area contributed by atoms with Gasteiger partial charge in [-0.3, -0.25) is 4.99 Å². The predicted molar refractivity (Wildman–Crippen MR) is 70.1 cm³/mol. The number of aliphatic imine (C=N–C) groups is 1. The van der Waals surface area contributed by atoms with Crippen LogP contribution >= 0.6 is 11.8 Å².